The second kappa shape index (κ2) is 12.0. The van der Waals surface area contributed by atoms with Gasteiger partial charge in [0.15, 0.2) is 0 Å². The average molecular weight is 275 g/mol. The highest BCUT2D eigenvalue weighted by atomic mass is 14.8. The smallest absolute Gasteiger partial charge is 0.00200 e. The van der Waals surface area contributed by atoms with Gasteiger partial charge < -0.3 is 5.32 Å². The van der Waals surface area contributed by atoms with Crippen LogP contribution in [0.4, 0.5) is 0 Å². The molecule has 1 nitrogen and oxygen atoms in total. The maximum Gasteiger partial charge on any atom is 0.00200 e. The Labute approximate surface area is 126 Å². The van der Waals surface area contributed by atoms with Crippen molar-refractivity contribution >= 4 is 0 Å². The number of hydrogen-bond donors (Lipinski definition) is 1. The van der Waals surface area contributed by atoms with Gasteiger partial charge in [0.2, 0.25) is 0 Å². The molecule has 1 atom stereocenters. The Morgan fingerprint density at radius 3 is 2.15 bits per heavy atom. The van der Waals surface area contributed by atoms with E-state index in [4.69, 9.17) is 0 Å². The molecule has 20 heavy (non-hydrogen) atoms. The highest BCUT2D eigenvalue weighted by Crippen LogP contribution is 2.22. The number of hydrogen-bond acceptors (Lipinski definition) is 1. The summed E-state index contributed by atoms with van der Waals surface area (Å²) >= 11 is 0. The van der Waals surface area contributed by atoms with Crippen LogP contribution in [0, 0.1) is 0 Å². The Balaban J connectivity index is 2.24. The minimum Gasteiger partial charge on any atom is -0.316 e. The highest BCUT2D eigenvalue weighted by Gasteiger charge is 2.10. The molecule has 0 radical (unpaired) electrons. The minimum atomic E-state index is 0.687. The third-order valence-electron chi connectivity index (χ3n) is 4.07. The summed E-state index contributed by atoms with van der Waals surface area (Å²) in [4.78, 5) is 0. The predicted octanol–water partition coefficient (Wildman–Crippen LogP) is 5.52. The molecule has 1 aromatic carbocycles. The lowest BCUT2D eigenvalue weighted by atomic mass is 9.92. The van der Waals surface area contributed by atoms with Gasteiger partial charge in [-0.2, -0.15) is 0 Å². The Morgan fingerprint density at radius 1 is 0.850 bits per heavy atom. The van der Waals surface area contributed by atoms with E-state index in [2.05, 4.69) is 49.5 Å². The average Bonchev–Trinajstić information content (AvgIpc) is 2.50. The van der Waals surface area contributed by atoms with Crippen molar-refractivity contribution in [3.63, 3.8) is 0 Å². The molecule has 0 spiro atoms. The first-order chi connectivity index (χ1) is 9.88. The van der Waals surface area contributed by atoms with Crippen molar-refractivity contribution in [1.29, 1.82) is 0 Å². The molecule has 0 aliphatic rings. The summed E-state index contributed by atoms with van der Waals surface area (Å²) < 4.78 is 0. The van der Waals surface area contributed by atoms with Crippen LogP contribution < -0.4 is 5.32 Å². The van der Waals surface area contributed by atoms with Crippen LogP contribution in [0.25, 0.3) is 0 Å². The molecule has 1 heteroatoms. The van der Waals surface area contributed by atoms with Gasteiger partial charge in [-0.1, -0.05) is 89.1 Å². The Kier molecular flexibility index (Phi) is 10.3. The second-order valence-corrected chi connectivity index (χ2v) is 5.83. The summed E-state index contributed by atoms with van der Waals surface area (Å²) in [5, 5.41) is 3.52. The van der Waals surface area contributed by atoms with E-state index in [0.717, 1.165) is 13.1 Å². The maximum absolute atomic E-state index is 3.52. The predicted molar refractivity (Wildman–Crippen MR) is 90.3 cm³/mol. The molecule has 0 aliphatic heterocycles. The minimum absolute atomic E-state index is 0.687. The zero-order valence-electron chi connectivity index (χ0n) is 13.5. The molecular weight excluding hydrogens is 242 g/mol. The maximum atomic E-state index is 3.52. The van der Waals surface area contributed by atoms with Gasteiger partial charge in [-0.15, -0.1) is 0 Å². The van der Waals surface area contributed by atoms with Gasteiger partial charge in [0.25, 0.3) is 0 Å². The standard InChI is InChI=1S/C19H33N/c1-3-5-6-7-8-9-11-16-19(17-20-4-2)18-14-12-10-13-15-18/h10,12-15,19-20H,3-9,11,16-17H2,1-2H3. The van der Waals surface area contributed by atoms with Crippen molar-refractivity contribution in [2.45, 2.75) is 71.1 Å². The van der Waals surface area contributed by atoms with Crippen LogP contribution in [0.5, 0.6) is 0 Å². The fourth-order valence-corrected chi connectivity index (χ4v) is 2.78. The van der Waals surface area contributed by atoms with Crippen LogP contribution in [0.15, 0.2) is 30.3 Å². The van der Waals surface area contributed by atoms with E-state index in [1.807, 2.05) is 0 Å². The van der Waals surface area contributed by atoms with Gasteiger partial charge in [-0.25, -0.2) is 0 Å². The number of nitrogens with one attached hydrogen (secondary N) is 1. The van der Waals surface area contributed by atoms with Crippen LogP contribution in [0.1, 0.15) is 76.7 Å². The Morgan fingerprint density at radius 2 is 1.50 bits per heavy atom. The molecule has 0 aliphatic carbocycles. The van der Waals surface area contributed by atoms with Gasteiger partial charge in [-0.05, 0) is 24.4 Å². The first-order valence-corrected chi connectivity index (χ1v) is 8.64. The molecule has 1 N–H and O–H groups in total. The van der Waals surface area contributed by atoms with Crippen molar-refractivity contribution in [2.24, 2.45) is 0 Å². The summed E-state index contributed by atoms with van der Waals surface area (Å²) in [5.41, 5.74) is 1.50. The van der Waals surface area contributed by atoms with Crippen LogP contribution in [-0.2, 0) is 0 Å². The molecule has 114 valence electrons. The number of likely N-dealkylation sites (N-methyl/N-ethyl adjacent to an activating group) is 1. The van der Waals surface area contributed by atoms with Crippen molar-refractivity contribution in [3.05, 3.63) is 35.9 Å². The summed E-state index contributed by atoms with van der Waals surface area (Å²) in [6.07, 6.45) is 11.1. The summed E-state index contributed by atoms with van der Waals surface area (Å²) in [6.45, 7) is 6.66. The van der Waals surface area contributed by atoms with Crippen LogP contribution in [0.3, 0.4) is 0 Å². The fourth-order valence-electron chi connectivity index (χ4n) is 2.78. The summed E-state index contributed by atoms with van der Waals surface area (Å²) in [7, 11) is 0. The fraction of sp³-hybridized carbons (Fsp3) is 0.684. The Bertz CT molecular complexity index is 307. The van der Waals surface area contributed by atoms with Gasteiger partial charge in [-0.3, -0.25) is 0 Å². The topological polar surface area (TPSA) is 12.0 Å². The molecule has 0 amide bonds. The zero-order valence-corrected chi connectivity index (χ0v) is 13.5. The van der Waals surface area contributed by atoms with Crippen molar-refractivity contribution in [3.8, 4) is 0 Å². The lowest BCUT2D eigenvalue weighted by Gasteiger charge is -2.17. The summed E-state index contributed by atoms with van der Waals surface area (Å²) in [5.74, 6) is 0.687. The highest BCUT2D eigenvalue weighted by molar-refractivity contribution is 5.19. The molecule has 0 saturated heterocycles. The lowest BCUT2D eigenvalue weighted by Crippen LogP contribution is -2.21. The second-order valence-electron chi connectivity index (χ2n) is 5.83. The molecule has 1 unspecified atom stereocenters. The lowest BCUT2D eigenvalue weighted by molar-refractivity contribution is 0.510. The summed E-state index contributed by atoms with van der Waals surface area (Å²) in [6, 6.07) is 11.0. The van der Waals surface area contributed by atoms with Crippen LogP contribution >= 0.6 is 0 Å². The largest absolute Gasteiger partial charge is 0.316 e. The van der Waals surface area contributed by atoms with E-state index < -0.39 is 0 Å². The molecule has 0 aromatic heterocycles. The third-order valence-corrected chi connectivity index (χ3v) is 4.07. The number of unbranched alkanes of at least 4 members (excludes halogenated alkanes) is 6. The van der Waals surface area contributed by atoms with Gasteiger partial charge in [0.1, 0.15) is 0 Å². The van der Waals surface area contributed by atoms with Gasteiger partial charge >= 0.3 is 0 Å². The van der Waals surface area contributed by atoms with Crippen molar-refractivity contribution < 1.29 is 0 Å². The van der Waals surface area contributed by atoms with Gasteiger partial charge in [0.05, 0.1) is 0 Å². The quantitative estimate of drug-likeness (QED) is 0.495. The molecule has 0 saturated carbocycles. The van der Waals surface area contributed by atoms with Gasteiger partial charge in [0, 0.05) is 6.54 Å². The van der Waals surface area contributed by atoms with Crippen molar-refractivity contribution in [2.75, 3.05) is 13.1 Å². The Hall–Kier alpha value is -0.820. The normalized spacial score (nSPS) is 12.5. The SMILES string of the molecule is CCCCCCCCCC(CNCC)c1ccccc1. The van der Waals surface area contributed by atoms with Crippen LogP contribution in [-0.4, -0.2) is 13.1 Å². The number of rotatable bonds is 12. The van der Waals surface area contributed by atoms with E-state index in [9.17, 15) is 0 Å². The molecule has 0 heterocycles. The molecule has 1 aromatic rings. The van der Waals surface area contributed by atoms with Crippen molar-refractivity contribution in [1.82, 2.24) is 5.32 Å². The zero-order chi connectivity index (χ0) is 14.5. The van der Waals surface area contributed by atoms with E-state index >= 15 is 0 Å². The molecule has 1 rings (SSSR count). The van der Waals surface area contributed by atoms with Crippen LogP contribution in [0.2, 0.25) is 0 Å². The third kappa shape index (κ3) is 7.69. The van der Waals surface area contributed by atoms with E-state index in [-0.39, 0.29) is 0 Å². The monoisotopic (exact) mass is 275 g/mol. The first kappa shape index (κ1) is 17.2. The first-order valence-electron chi connectivity index (χ1n) is 8.64. The molecule has 0 fully saturated rings. The van der Waals surface area contributed by atoms with E-state index in [1.54, 1.807) is 0 Å². The van der Waals surface area contributed by atoms with E-state index in [1.165, 1.54) is 56.9 Å². The molecule has 0 bridgehead atoms. The molecular formula is C19H33N. The number of benzene rings is 1. The van der Waals surface area contributed by atoms with E-state index in [0.29, 0.717) is 5.92 Å².